The SMILES string of the molecule is O=C(C1CCCCC1)N1CC[C@@](Sc2ccc(F)cc2)(c2ccc(Br)c(F)c2)C1. The van der Waals surface area contributed by atoms with E-state index >= 15 is 0 Å². The maximum Gasteiger partial charge on any atom is 0.225 e. The Kier molecular flexibility index (Phi) is 6.30. The number of carbonyl (C=O) groups is 1. The highest BCUT2D eigenvalue weighted by Crippen LogP contribution is 2.49. The first kappa shape index (κ1) is 20.9. The van der Waals surface area contributed by atoms with Gasteiger partial charge in [0.2, 0.25) is 5.91 Å². The van der Waals surface area contributed by atoms with Gasteiger partial charge in [-0.2, -0.15) is 0 Å². The van der Waals surface area contributed by atoms with Gasteiger partial charge in [0.15, 0.2) is 0 Å². The average Bonchev–Trinajstić information content (AvgIpc) is 3.17. The van der Waals surface area contributed by atoms with Crippen molar-refractivity contribution in [2.24, 2.45) is 5.92 Å². The van der Waals surface area contributed by atoms with Crippen molar-refractivity contribution in [1.29, 1.82) is 0 Å². The van der Waals surface area contributed by atoms with E-state index in [1.807, 2.05) is 11.0 Å². The van der Waals surface area contributed by atoms with Gasteiger partial charge >= 0.3 is 0 Å². The van der Waals surface area contributed by atoms with Crippen molar-refractivity contribution < 1.29 is 13.6 Å². The van der Waals surface area contributed by atoms with Gasteiger partial charge in [-0.1, -0.05) is 25.3 Å². The molecule has 1 aliphatic carbocycles. The van der Waals surface area contributed by atoms with E-state index in [1.165, 1.54) is 18.6 Å². The van der Waals surface area contributed by atoms with Crippen molar-refractivity contribution in [3.05, 3.63) is 64.1 Å². The number of benzene rings is 2. The quantitative estimate of drug-likeness (QED) is 0.496. The van der Waals surface area contributed by atoms with E-state index in [-0.39, 0.29) is 23.5 Å². The van der Waals surface area contributed by atoms with Crippen LogP contribution in [0, 0.1) is 17.6 Å². The summed E-state index contributed by atoms with van der Waals surface area (Å²) in [4.78, 5) is 16.0. The highest BCUT2D eigenvalue weighted by Gasteiger charge is 2.44. The third-order valence-corrected chi connectivity index (χ3v) is 8.18. The van der Waals surface area contributed by atoms with Crippen LogP contribution in [-0.4, -0.2) is 23.9 Å². The van der Waals surface area contributed by atoms with Crippen LogP contribution in [0.5, 0.6) is 0 Å². The molecule has 0 unspecified atom stereocenters. The standard InChI is InChI=1S/C23H24BrF2NOS/c24-20-11-6-17(14-21(20)26)23(29-19-9-7-18(25)8-10-19)12-13-27(15-23)22(28)16-4-2-1-3-5-16/h6-11,14,16H,1-5,12-13,15H2/t23-/m0/s1. The lowest BCUT2D eigenvalue weighted by atomic mass is 9.88. The minimum Gasteiger partial charge on any atom is -0.341 e. The molecule has 1 aliphatic heterocycles. The average molecular weight is 480 g/mol. The van der Waals surface area contributed by atoms with Gasteiger partial charge in [0.25, 0.3) is 0 Å². The first-order chi connectivity index (χ1) is 14.0. The molecule has 2 fully saturated rings. The van der Waals surface area contributed by atoms with Crippen LogP contribution in [0.25, 0.3) is 0 Å². The molecule has 0 spiro atoms. The topological polar surface area (TPSA) is 20.3 Å². The van der Waals surface area contributed by atoms with E-state index in [0.717, 1.165) is 42.6 Å². The fraction of sp³-hybridized carbons (Fsp3) is 0.435. The van der Waals surface area contributed by atoms with E-state index in [0.29, 0.717) is 17.6 Å². The number of amides is 1. The Labute approximate surface area is 183 Å². The summed E-state index contributed by atoms with van der Waals surface area (Å²) < 4.78 is 27.7. The molecule has 2 aliphatic rings. The van der Waals surface area contributed by atoms with Crippen LogP contribution in [0.4, 0.5) is 8.78 Å². The zero-order chi connectivity index (χ0) is 20.4. The first-order valence-corrected chi connectivity index (χ1v) is 11.8. The first-order valence-electron chi connectivity index (χ1n) is 10.2. The Morgan fingerprint density at radius 3 is 2.48 bits per heavy atom. The summed E-state index contributed by atoms with van der Waals surface area (Å²) in [6.45, 7) is 1.21. The highest BCUT2D eigenvalue weighted by atomic mass is 79.9. The smallest absolute Gasteiger partial charge is 0.225 e. The number of nitrogens with zero attached hydrogens (tertiary/aromatic N) is 1. The zero-order valence-corrected chi connectivity index (χ0v) is 18.6. The molecule has 0 bridgehead atoms. The van der Waals surface area contributed by atoms with Crippen molar-refractivity contribution in [3.63, 3.8) is 0 Å². The van der Waals surface area contributed by atoms with Crippen LogP contribution >= 0.6 is 27.7 Å². The lowest BCUT2D eigenvalue weighted by Crippen LogP contribution is -2.37. The van der Waals surface area contributed by atoms with Gasteiger partial charge in [0.05, 0.1) is 9.22 Å². The predicted molar refractivity (Wildman–Crippen MR) is 116 cm³/mol. The Morgan fingerprint density at radius 1 is 1.07 bits per heavy atom. The maximum atomic E-state index is 14.4. The Hall–Kier alpha value is -1.40. The Bertz CT molecular complexity index is 885. The number of carbonyl (C=O) groups excluding carboxylic acids is 1. The molecule has 0 radical (unpaired) electrons. The second-order valence-corrected chi connectivity index (χ2v) is 10.3. The molecule has 154 valence electrons. The second kappa shape index (κ2) is 8.76. The second-order valence-electron chi connectivity index (χ2n) is 8.02. The van der Waals surface area contributed by atoms with E-state index in [9.17, 15) is 13.6 Å². The number of hydrogen-bond donors (Lipinski definition) is 0. The predicted octanol–water partition coefficient (Wildman–Crippen LogP) is 6.53. The fourth-order valence-corrected chi connectivity index (χ4v) is 6.09. The fourth-order valence-electron chi connectivity index (χ4n) is 4.46. The summed E-state index contributed by atoms with van der Waals surface area (Å²) in [5.74, 6) is -0.224. The minimum absolute atomic E-state index is 0.122. The summed E-state index contributed by atoms with van der Waals surface area (Å²) in [6, 6.07) is 11.6. The molecule has 1 saturated heterocycles. The molecule has 29 heavy (non-hydrogen) atoms. The molecule has 2 aromatic carbocycles. The lowest BCUT2D eigenvalue weighted by molar-refractivity contribution is -0.135. The summed E-state index contributed by atoms with van der Waals surface area (Å²) in [7, 11) is 0. The van der Waals surface area contributed by atoms with Crippen LogP contribution in [0.3, 0.4) is 0 Å². The largest absolute Gasteiger partial charge is 0.341 e. The molecular formula is C23H24BrF2NOS. The Morgan fingerprint density at radius 2 is 1.79 bits per heavy atom. The molecule has 0 N–H and O–H groups in total. The van der Waals surface area contributed by atoms with Crippen LogP contribution in [0.15, 0.2) is 51.8 Å². The third kappa shape index (κ3) is 4.53. The molecule has 1 amide bonds. The van der Waals surface area contributed by atoms with Crippen LogP contribution in [0.1, 0.15) is 44.1 Å². The third-order valence-electron chi connectivity index (χ3n) is 6.07. The number of rotatable bonds is 4. The van der Waals surface area contributed by atoms with Gasteiger partial charge in [-0.3, -0.25) is 4.79 Å². The van der Waals surface area contributed by atoms with E-state index in [4.69, 9.17) is 0 Å². The van der Waals surface area contributed by atoms with Gasteiger partial charge in [-0.25, -0.2) is 8.78 Å². The number of hydrogen-bond acceptors (Lipinski definition) is 2. The van der Waals surface area contributed by atoms with Gasteiger partial charge in [0.1, 0.15) is 11.6 Å². The minimum atomic E-state index is -0.441. The zero-order valence-electron chi connectivity index (χ0n) is 16.2. The van der Waals surface area contributed by atoms with Gasteiger partial charge in [-0.15, -0.1) is 11.8 Å². The van der Waals surface area contributed by atoms with Crippen molar-refractivity contribution in [1.82, 2.24) is 4.90 Å². The number of halogens is 3. The molecule has 1 heterocycles. The molecule has 2 aromatic rings. The molecule has 4 rings (SSSR count). The summed E-state index contributed by atoms with van der Waals surface area (Å²) in [5, 5.41) is 0. The van der Waals surface area contributed by atoms with E-state index in [1.54, 1.807) is 36.0 Å². The van der Waals surface area contributed by atoms with Crippen molar-refractivity contribution in [2.75, 3.05) is 13.1 Å². The molecular weight excluding hydrogens is 456 g/mol. The molecule has 1 atom stereocenters. The van der Waals surface area contributed by atoms with Crippen LogP contribution < -0.4 is 0 Å². The van der Waals surface area contributed by atoms with Crippen molar-refractivity contribution >= 4 is 33.6 Å². The molecule has 0 aromatic heterocycles. The van der Waals surface area contributed by atoms with E-state index in [2.05, 4.69) is 15.9 Å². The Balaban J connectivity index is 1.62. The highest BCUT2D eigenvalue weighted by molar-refractivity contribution is 9.10. The summed E-state index contributed by atoms with van der Waals surface area (Å²) in [5.41, 5.74) is 0.867. The number of likely N-dealkylation sites (tertiary alicyclic amines) is 1. The number of thioether (sulfide) groups is 1. The van der Waals surface area contributed by atoms with Gasteiger partial charge in [-0.05, 0) is 77.2 Å². The van der Waals surface area contributed by atoms with Gasteiger partial charge < -0.3 is 4.90 Å². The van der Waals surface area contributed by atoms with Crippen LogP contribution in [-0.2, 0) is 9.54 Å². The van der Waals surface area contributed by atoms with Crippen LogP contribution in [0.2, 0.25) is 0 Å². The normalized spacial score (nSPS) is 22.8. The lowest BCUT2D eigenvalue weighted by Gasteiger charge is -2.31. The molecule has 6 heteroatoms. The molecule has 1 saturated carbocycles. The maximum absolute atomic E-state index is 14.4. The summed E-state index contributed by atoms with van der Waals surface area (Å²) in [6.07, 6.45) is 6.15. The van der Waals surface area contributed by atoms with Crippen molar-refractivity contribution in [2.45, 2.75) is 48.2 Å². The molecule has 2 nitrogen and oxygen atoms in total. The monoisotopic (exact) mass is 479 g/mol. The summed E-state index contributed by atoms with van der Waals surface area (Å²) >= 11 is 4.83. The van der Waals surface area contributed by atoms with E-state index < -0.39 is 4.75 Å². The van der Waals surface area contributed by atoms with Gasteiger partial charge in [0, 0.05) is 23.9 Å². The van der Waals surface area contributed by atoms with Crippen molar-refractivity contribution in [3.8, 4) is 0 Å².